The zero-order valence-electron chi connectivity index (χ0n) is 12.6. The number of nitrogens with one attached hydrogen (secondary N) is 2. The Labute approximate surface area is 129 Å². The molecule has 2 heterocycles. The van der Waals surface area contributed by atoms with E-state index in [2.05, 4.69) is 15.3 Å². The summed E-state index contributed by atoms with van der Waals surface area (Å²) in [6.45, 7) is 2.37. The summed E-state index contributed by atoms with van der Waals surface area (Å²) >= 11 is 0. The normalized spacial score (nSPS) is 11.8. The molecule has 0 fully saturated rings. The third kappa shape index (κ3) is 4.25. The largest absolute Gasteiger partial charge is 0.481 e. The van der Waals surface area contributed by atoms with Gasteiger partial charge in [0.15, 0.2) is 0 Å². The number of methoxy groups -OCH3 is 1. The first-order chi connectivity index (χ1) is 10.6. The molecule has 0 saturated carbocycles. The highest BCUT2D eigenvalue weighted by atomic mass is 19.1. The van der Waals surface area contributed by atoms with Gasteiger partial charge in [-0.15, -0.1) is 0 Å². The molecule has 0 bridgehead atoms. The highest BCUT2D eigenvalue weighted by Gasteiger charge is 2.08. The molecular weight excluding hydrogens is 283 g/mol. The van der Waals surface area contributed by atoms with Gasteiger partial charge in [-0.1, -0.05) is 19.1 Å². The van der Waals surface area contributed by atoms with Gasteiger partial charge in [0.05, 0.1) is 7.11 Å². The van der Waals surface area contributed by atoms with E-state index in [1.165, 1.54) is 6.21 Å². The van der Waals surface area contributed by atoms with Gasteiger partial charge in [0.1, 0.15) is 5.82 Å². The van der Waals surface area contributed by atoms with Crippen molar-refractivity contribution in [3.8, 4) is 5.88 Å². The molecule has 0 aliphatic carbocycles. The van der Waals surface area contributed by atoms with Gasteiger partial charge in [0, 0.05) is 24.4 Å². The van der Waals surface area contributed by atoms with Crippen LogP contribution in [0.4, 0.5) is 10.2 Å². The van der Waals surface area contributed by atoms with Crippen LogP contribution in [-0.4, -0.2) is 23.3 Å². The van der Waals surface area contributed by atoms with Crippen LogP contribution in [0.3, 0.4) is 0 Å². The molecule has 0 saturated heterocycles. The van der Waals surface area contributed by atoms with Crippen molar-refractivity contribution in [2.24, 2.45) is 5.92 Å². The number of rotatable bonds is 7. The first kappa shape index (κ1) is 15.9. The molecule has 2 N–H and O–H groups in total. The number of ether oxygens (including phenoxy) is 1. The summed E-state index contributed by atoms with van der Waals surface area (Å²) in [4.78, 5) is 8.02. The lowest BCUT2D eigenvalue weighted by molar-refractivity contribution is 0.397. The van der Waals surface area contributed by atoms with Crippen molar-refractivity contribution in [1.29, 1.82) is 5.41 Å². The van der Waals surface area contributed by atoms with E-state index in [-0.39, 0.29) is 5.92 Å². The Kier molecular flexibility index (Phi) is 5.41. The summed E-state index contributed by atoms with van der Waals surface area (Å²) in [5.41, 5.74) is 1.47. The number of aromatic nitrogens is 2. The highest BCUT2D eigenvalue weighted by Crippen LogP contribution is 2.15. The van der Waals surface area contributed by atoms with Crippen LogP contribution in [0.15, 0.2) is 30.5 Å². The van der Waals surface area contributed by atoms with Gasteiger partial charge < -0.3 is 15.5 Å². The maximum Gasteiger partial charge on any atom is 0.218 e. The van der Waals surface area contributed by atoms with E-state index in [0.29, 0.717) is 30.2 Å². The number of anilines is 1. The first-order valence-corrected chi connectivity index (χ1v) is 7.01. The predicted octanol–water partition coefficient (Wildman–Crippen LogP) is 3.06. The summed E-state index contributed by atoms with van der Waals surface area (Å²) in [5, 5.41) is 10.2. The summed E-state index contributed by atoms with van der Waals surface area (Å²) in [7, 11) is 1.56. The molecule has 0 amide bonds. The van der Waals surface area contributed by atoms with Gasteiger partial charge >= 0.3 is 0 Å². The van der Waals surface area contributed by atoms with E-state index in [1.54, 1.807) is 31.5 Å². The van der Waals surface area contributed by atoms with Crippen molar-refractivity contribution in [3.05, 3.63) is 47.5 Å². The Bertz CT molecular complexity index is 631. The second-order valence-corrected chi connectivity index (χ2v) is 5.06. The molecule has 22 heavy (non-hydrogen) atoms. The molecule has 5 nitrogen and oxygen atoms in total. The minimum absolute atomic E-state index is 0.000447. The fraction of sp³-hybridized carbons (Fsp3) is 0.312. The number of pyridine rings is 2. The van der Waals surface area contributed by atoms with E-state index in [4.69, 9.17) is 10.1 Å². The predicted molar refractivity (Wildman–Crippen MR) is 84.0 cm³/mol. The van der Waals surface area contributed by atoms with Gasteiger partial charge in [-0.2, -0.15) is 4.39 Å². The molecule has 2 aromatic heterocycles. The number of halogens is 1. The van der Waals surface area contributed by atoms with Gasteiger partial charge in [-0.3, -0.25) is 0 Å². The van der Waals surface area contributed by atoms with Gasteiger partial charge in [-0.05, 0) is 30.2 Å². The molecule has 0 spiro atoms. The molecule has 0 aliphatic heterocycles. The lowest BCUT2D eigenvalue weighted by atomic mass is 10.0. The molecule has 0 radical (unpaired) electrons. The maximum atomic E-state index is 13.9. The van der Waals surface area contributed by atoms with E-state index >= 15 is 0 Å². The molecule has 6 heteroatoms. The van der Waals surface area contributed by atoms with Crippen molar-refractivity contribution in [2.45, 2.75) is 19.9 Å². The quantitative estimate of drug-likeness (QED) is 0.609. The van der Waals surface area contributed by atoms with Gasteiger partial charge in [-0.25, -0.2) is 9.97 Å². The zero-order chi connectivity index (χ0) is 15.9. The summed E-state index contributed by atoms with van der Waals surface area (Å²) in [5.74, 6) is 0.532. The highest BCUT2D eigenvalue weighted by molar-refractivity contribution is 5.56. The van der Waals surface area contributed by atoms with E-state index < -0.39 is 5.95 Å². The van der Waals surface area contributed by atoms with E-state index in [0.717, 1.165) is 5.56 Å². The Hall–Kier alpha value is -2.50. The molecule has 0 aliphatic rings. The lowest BCUT2D eigenvalue weighted by Gasteiger charge is -2.09. The average molecular weight is 302 g/mol. The third-order valence-corrected chi connectivity index (χ3v) is 3.23. The van der Waals surface area contributed by atoms with Crippen molar-refractivity contribution in [2.75, 3.05) is 12.4 Å². The number of hydrogen-bond donors (Lipinski definition) is 2. The van der Waals surface area contributed by atoms with Crippen molar-refractivity contribution < 1.29 is 9.13 Å². The second kappa shape index (κ2) is 7.49. The van der Waals surface area contributed by atoms with Gasteiger partial charge in [0.25, 0.3) is 0 Å². The molecule has 2 aromatic rings. The Morgan fingerprint density at radius 3 is 2.77 bits per heavy atom. The van der Waals surface area contributed by atoms with E-state index in [9.17, 15) is 4.39 Å². The van der Waals surface area contributed by atoms with Crippen LogP contribution in [-0.2, 0) is 13.0 Å². The molecule has 2 rings (SSSR count). The van der Waals surface area contributed by atoms with Crippen LogP contribution in [0.5, 0.6) is 5.88 Å². The summed E-state index contributed by atoms with van der Waals surface area (Å²) in [6, 6.07) is 7.10. The molecule has 116 valence electrons. The Morgan fingerprint density at radius 2 is 2.18 bits per heavy atom. The lowest BCUT2D eigenvalue weighted by Crippen LogP contribution is -2.07. The average Bonchev–Trinajstić information content (AvgIpc) is 2.55. The third-order valence-electron chi connectivity index (χ3n) is 3.23. The number of hydrogen-bond acceptors (Lipinski definition) is 5. The topological polar surface area (TPSA) is 70.9 Å². The van der Waals surface area contributed by atoms with Crippen LogP contribution in [0.25, 0.3) is 0 Å². The minimum Gasteiger partial charge on any atom is -0.481 e. The first-order valence-electron chi connectivity index (χ1n) is 7.01. The molecular formula is C16H19FN4O. The van der Waals surface area contributed by atoms with E-state index in [1.807, 2.05) is 13.0 Å². The molecule has 1 atom stereocenters. The van der Waals surface area contributed by atoms with Crippen molar-refractivity contribution in [1.82, 2.24) is 9.97 Å². The minimum atomic E-state index is -0.494. The monoisotopic (exact) mass is 302 g/mol. The van der Waals surface area contributed by atoms with Crippen LogP contribution in [0.2, 0.25) is 0 Å². The smallest absolute Gasteiger partial charge is 0.218 e. The fourth-order valence-corrected chi connectivity index (χ4v) is 1.95. The second-order valence-electron chi connectivity index (χ2n) is 5.06. The maximum absolute atomic E-state index is 13.9. The molecule has 0 aromatic carbocycles. The van der Waals surface area contributed by atoms with Gasteiger partial charge in [0.2, 0.25) is 11.8 Å². The van der Waals surface area contributed by atoms with Crippen molar-refractivity contribution in [3.63, 3.8) is 0 Å². The Morgan fingerprint density at radius 1 is 1.36 bits per heavy atom. The van der Waals surface area contributed by atoms with Crippen LogP contribution in [0.1, 0.15) is 18.1 Å². The Balaban J connectivity index is 1.98. The molecule has 1 unspecified atom stereocenters. The fourth-order valence-electron chi connectivity index (χ4n) is 1.95. The van der Waals surface area contributed by atoms with Crippen LogP contribution in [0, 0.1) is 17.3 Å². The summed E-state index contributed by atoms with van der Waals surface area (Å²) in [6.07, 6.45) is 3.48. The SMILES string of the molecule is COc1ccc(CNc2ccc(CC(C)C=N)c(F)n2)cn1. The van der Waals surface area contributed by atoms with Crippen LogP contribution < -0.4 is 10.1 Å². The van der Waals surface area contributed by atoms with Crippen LogP contribution >= 0.6 is 0 Å². The number of nitrogens with zero attached hydrogens (tertiary/aromatic N) is 2. The zero-order valence-corrected chi connectivity index (χ0v) is 12.6. The summed E-state index contributed by atoms with van der Waals surface area (Å²) < 4.78 is 18.9. The van der Waals surface area contributed by atoms with Crippen molar-refractivity contribution >= 4 is 12.0 Å². The standard InChI is InChI=1S/C16H19FN4O/c1-11(8-18)7-13-4-5-14(21-16(13)17)19-9-12-3-6-15(22-2)20-10-12/h3-6,8,10-11,18H,7,9H2,1-2H3,(H,19,21).